The van der Waals surface area contributed by atoms with E-state index in [4.69, 9.17) is 0 Å². The van der Waals surface area contributed by atoms with Crippen molar-refractivity contribution in [3.05, 3.63) is 31.0 Å². The molecule has 1 N–H and O–H groups in total. The number of nitrogens with one attached hydrogen (secondary N) is 1. The summed E-state index contributed by atoms with van der Waals surface area (Å²) < 4.78 is 3.64. The van der Waals surface area contributed by atoms with Crippen LogP contribution in [0.1, 0.15) is 13.3 Å². The first kappa shape index (κ1) is 13.2. The second kappa shape index (κ2) is 5.70. The van der Waals surface area contributed by atoms with Gasteiger partial charge in [0.2, 0.25) is 11.9 Å². The Labute approximate surface area is 121 Å². The minimum absolute atomic E-state index is 0.507. The minimum Gasteiger partial charge on any atom is -0.357 e. The maximum atomic E-state index is 4.51. The summed E-state index contributed by atoms with van der Waals surface area (Å²) in [6.45, 7) is 2.93. The van der Waals surface area contributed by atoms with Gasteiger partial charge in [0.1, 0.15) is 12.0 Å². The van der Waals surface area contributed by atoms with Gasteiger partial charge in [0.05, 0.1) is 0 Å². The molecule has 3 aromatic rings. The highest BCUT2D eigenvalue weighted by atomic mass is 15.3. The molecule has 3 heterocycles. The predicted octanol–water partition coefficient (Wildman–Crippen LogP) is 1.37. The highest BCUT2D eigenvalue weighted by Gasteiger charge is 2.12. The Morgan fingerprint density at radius 3 is 2.81 bits per heavy atom. The fourth-order valence-electron chi connectivity index (χ4n) is 2.00. The number of rotatable bonds is 5. The van der Waals surface area contributed by atoms with Crippen molar-refractivity contribution in [3.8, 4) is 17.5 Å². The van der Waals surface area contributed by atoms with Gasteiger partial charge in [-0.2, -0.15) is 20.1 Å². The minimum atomic E-state index is 0.507. The van der Waals surface area contributed by atoms with Crippen LogP contribution < -0.4 is 5.32 Å². The molecule has 0 saturated heterocycles. The van der Waals surface area contributed by atoms with Crippen LogP contribution in [0.15, 0.2) is 31.0 Å². The van der Waals surface area contributed by atoms with Gasteiger partial charge in [0.15, 0.2) is 5.82 Å². The second-order valence-electron chi connectivity index (χ2n) is 4.44. The number of nitrogens with zero attached hydrogens (tertiary/aromatic N) is 7. The summed E-state index contributed by atoms with van der Waals surface area (Å²) in [5, 5.41) is 7.26. The van der Waals surface area contributed by atoms with Gasteiger partial charge in [0, 0.05) is 32.2 Å². The number of hydrogen-bond acceptors (Lipinski definition) is 6. The van der Waals surface area contributed by atoms with Crippen LogP contribution in [-0.4, -0.2) is 41.3 Å². The average molecular weight is 284 g/mol. The molecule has 21 heavy (non-hydrogen) atoms. The van der Waals surface area contributed by atoms with E-state index >= 15 is 0 Å². The van der Waals surface area contributed by atoms with E-state index in [1.54, 1.807) is 36.5 Å². The summed E-state index contributed by atoms with van der Waals surface area (Å²) in [5.41, 5.74) is 0.872. The summed E-state index contributed by atoms with van der Waals surface area (Å²) in [4.78, 5) is 17.3. The molecule has 0 atom stereocenters. The summed E-state index contributed by atoms with van der Waals surface area (Å²) >= 11 is 0. The molecule has 8 nitrogen and oxygen atoms in total. The van der Waals surface area contributed by atoms with Gasteiger partial charge < -0.3 is 5.32 Å². The van der Waals surface area contributed by atoms with Gasteiger partial charge in [-0.05, 0) is 12.5 Å². The molecule has 0 unspecified atom stereocenters. The molecule has 0 aliphatic rings. The third kappa shape index (κ3) is 2.60. The van der Waals surface area contributed by atoms with Gasteiger partial charge in [0.25, 0.3) is 0 Å². The van der Waals surface area contributed by atoms with E-state index in [0.29, 0.717) is 17.7 Å². The largest absolute Gasteiger partial charge is 0.357 e. The maximum Gasteiger partial charge on any atom is 0.240 e. The van der Waals surface area contributed by atoms with E-state index in [1.807, 2.05) is 10.7 Å². The summed E-state index contributed by atoms with van der Waals surface area (Å²) in [6, 6.07) is 1.90. The summed E-state index contributed by atoms with van der Waals surface area (Å²) in [7, 11) is 1.78. The van der Waals surface area contributed by atoms with Gasteiger partial charge in [-0.15, -0.1) is 0 Å². The maximum absolute atomic E-state index is 4.51. The molecule has 3 rings (SSSR count). The molecule has 0 bridgehead atoms. The van der Waals surface area contributed by atoms with Crippen LogP contribution in [0.4, 0.5) is 5.95 Å². The third-order valence-corrected chi connectivity index (χ3v) is 2.96. The second-order valence-corrected chi connectivity index (χ2v) is 4.44. The van der Waals surface area contributed by atoms with Crippen molar-refractivity contribution in [1.82, 2.24) is 34.3 Å². The lowest BCUT2D eigenvalue weighted by atomic mass is 10.4. The molecule has 0 spiro atoms. The molecule has 3 aromatic heterocycles. The van der Waals surface area contributed by atoms with Crippen molar-refractivity contribution in [3.63, 3.8) is 0 Å². The standard InChI is InChI=1S/C13H16N8/c1-3-7-21-10(4-5-16-21)11-17-12(14-2)19-13(18-11)20-8-6-15-9-20/h4-6,8-9H,3,7H2,1-2H3,(H,14,17,18,19). The first-order valence-corrected chi connectivity index (χ1v) is 6.76. The first-order chi connectivity index (χ1) is 10.3. The summed E-state index contributed by atoms with van der Waals surface area (Å²) in [6.07, 6.45) is 7.88. The molecular weight excluding hydrogens is 268 g/mol. The third-order valence-electron chi connectivity index (χ3n) is 2.96. The Morgan fingerprint density at radius 2 is 2.10 bits per heavy atom. The lowest BCUT2D eigenvalue weighted by molar-refractivity contribution is 0.606. The van der Waals surface area contributed by atoms with Crippen molar-refractivity contribution in [1.29, 1.82) is 0 Å². The van der Waals surface area contributed by atoms with Crippen LogP contribution >= 0.6 is 0 Å². The number of aromatic nitrogens is 7. The van der Waals surface area contributed by atoms with E-state index in [0.717, 1.165) is 18.7 Å². The van der Waals surface area contributed by atoms with Crippen LogP contribution in [0.5, 0.6) is 0 Å². The van der Waals surface area contributed by atoms with E-state index in [9.17, 15) is 0 Å². The topological polar surface area (TPSA) is 86.3 Å². The number of imidazole rings is 1. The highest BCUT2D eigenvalue weighted by molar-refractivity contribution is 5.52. The van der Waals surface area contributed by atoms with Crippen LogP contribution in [0, 0.1) is 0 Å². The molecule has 0 saturated carbocycles. The van der Waals surface area contributed by atoms with Crippen LogP contribution in [0.3, 0.4) is 0 Å². The smallest absolute Gasteiger partial charge is 0.240 e. The molecule has 0 aliphatic heterocycles. The summed E-state index contributed by atoms with van der Waals surface area (Å²) in [5.74, 6) is 1.61. The SMILES string of the molecule is CCCn1nccc1-c1nc(NC)nc(-n2ccnc2)n1. The van der Waals surface area contributed by atoms with Crippen LogP contribution in [0.2, 0.25) is 0 Å². The zero-order chi connectivity index (χ0) is 14.7. The number of hydrogen-bond donors (Lipinski definition) is 1. The molecule has 108 valence electrons. The van der Waals surface area contributed by atoms with Crippen molar-refractivity contribution in [2.75, 3.05) is 12.4 Å². The highest BCUT2D eigenvalue weighted by Crippen LogP contribution is 2.17. The zero-order valence-corrected chi connectivity index (χ0v) is 11.9. The van der Waals surface area contributed by atoms with Gasteiger partial charge >= 0.3 is 0 Å². The van der Waals surface area contributed by atoms with Crippen molar-refractivity contribution < 1.29 is 0 Å². The molecule has 0 fully saturated rings. The Bertz CT molecular complexity index is 716. The molecule has 0 amide bonds. The van der Waals surface area contributed by atoms with E-state index in [1.165, 1.54) is 0 Å². The Hall–Kier alpha value is -2.77. The van der Waals surface area contributed by atoms with E-state index in [2.05, 4.69) is 37.3 Å². The zero-order valence-electron chi connectivity index (χ0n) is 11.9. The van der Waals surface area contributed by atoms with Gasteiger partial charge in [-0.1, -0.05) is 6.92 Å². The monoisotopic (exact) mass is 284 g/mol. The number of aryl methyl sites for hydroxylation is 1. The fourth-order valence-corrected chi connectivity index (χ4v) is 2.00. The molecule has 0 aromatic carbocycles. The van der Waals surface area contributed by atoms with Crippen LogP contribution in [-0.2, 0) is 6.54 Å². The van der Waals surface area contributed by atoms with Gasteiger partial charge in [-0.3, -0.25) is 9.25 Å². The fraction of sp³-hybridized carbons (Fsp3) is 0.308. The average Bonchev–Trinajstić information content (AvgIpc) is 3.18. The van der Waals surface area contributed by atoms with E-state index in [-0.39, 0.29) is 0 Å². The van der Waals surface area contributed by atoms with Crippen molar-refractivity contribution >= 4 is 5.95 Å². The molecular formula is C13H16N8. The predicted molar refractivity (Wildman–Crippen MR) is 78.0 cm³/mol. The van der Waals surface area contributed by atoms with Crippen molar-refractivity contribution in [2.24, 2.45) is 0 Å². The quantitative estimate of drug-likeness (QED) is 0.761. The van der Waals surface area contributed by atoms with E-state index < -0.39 is 0 Å². The molecule has 8 heteroatoms. The Balaban J connectivity index is 2.09. The normalized spacial score (nSPS) is 10.8. The van der Waals surface area contributed by atoms with Crippen molar-refractivity contribution in [2.45, 2.75) is 19.9 Å². The molecule has 0 radical (unpaired) electrons. The Morgan fingerprint density at radius 1 is 1.19 bits per heavy atom. The number of anilines is 1. The first-order valence-electron chi connectivity index (χ1n) is 6.76. The lowest BCUT2D eigenvalue weighted by Crippen LogP contribution is -2.09. The van der Waals surface area contributed by atoms with Crippen LogP contribution in [0.25, 0.3) is 17.5 Å². The molecule has 0 aliphatic carbocycles. The lowest BCUT2D eigenvalue weighted by Gasteiger charge is -2.08. The Kier molecular flexibility index (Phi) is 3.59. The van der Waals surface area contributed by atoms with Gasteiger partial charge in [-0.25, -0.2) is 4.98 Å².